The van der Waals surface area contributed by atoms with Crippen molar-refractivity contribution in [2.45, 2.75) is 33.1 Å². The van der Waals surface area contributed by atoms with Crippen LogP contribution in [0.4, 0.5) is 5.95 Å². The summed E-state index contributed by atoms with van der Waals surface area (Å²) in [6.45, 7) is 6.75. The Bertz CT molecular complexity index is 447. The Morgan fingerprint density at radius 1 is 1.30 bits per heavy atom. The zero-order chi connectivity index (χ0) is 14.6. The van der Waals surface area contributed by atoms with Crippen LogP contribution >= 0.6 is 11.3 Å². The summed E-state index contributed by atoms with van der Waals surface area (Å²) in [6, 6.07) is 1.81. The van der Waals surface area contributed by atoms with Crippen LogP contribution in [0.25, 0.3) is 10.6 Å². The zero-order valence-corrected chi connectivity index (χ0v) is 13.0. The molecule has 2 aromatic rings. The van der Waals surface area contributed by atoms with E-state index in [1.165, 1.54) is 43.7 Å². The number of anilines is 1. The molecule has 0 aromatic carbocycles. The fourth-order valence-electron chi connectivity index (χ4n) is 1.48. The molecule has 2 aromatic heterocycles. The summed E-state index contributed by atoms with van der Waals surface area (Å²) in [5.41, 5.74) is 8.01. The van der Waals surface area contributed by atoms with Gasteiger partial charge in [-0.25, -0.2) is 9.97 Å². The molecule has 110 valence electrons. The van der Waals surface area contributed by atoms with Gasteiger partial charge in [0.15, 0.2) is 0 Å². The molecular weight excluding hydrogens is 270 g/mol. The van der Waals surface area contributed by atoms with E-state index < -0.39 is 0 Å². The third-order valence-electron chi connectivity index (χ3n) is 2.32. The molecule has 0 atom stereocenters. The third-order valence-corrected chi connectivity index (χ3v) is 3.11. The first-order valence-electron chi connectivity index (χ1n) is 6.96. The molecule has 20 heavy (non-hydrogen) atoms. The molecule has 0 saturated carbocycles. The first-order chi connectivity index (χ1) is 9.77. The first kappa shape index (κ1) is 16.5. The summed E-state index contributed by atoms with van der Waals surface area (Å²) in [5, 5.41) is 3.22. The highest BCUT2D eigenvalue weighted by Crippen LogP contribution is 2.20. The lowest BCUT2D eigenvalue weighted by molar-refractivity contribution is 0.857. The summed E-state index contributed by atoms with van der Waals surface area (Å²) in [7, 11) is 0. The predicted octanol–water partition coefficient (Wildman–Crippen LogP) is 2.97. The van der Waals surface area contributed by atoms with Crippen molar-refractivity contribution in [2.24, 2.45) is 0 Å². The van der Waals surface area contributed by atoms with Crippen LogP contribution in [0.3, 0.4) is 0 Å². The van der Waals surface area contributed by atoms with Gasteiger partial charge in [0.05, 0.1) is 16.1 Å². The van der Waals surface area contributed by atoms with Crippen molar-refractivity contribution in [1.29, 1.82) is 0 Å². The Morgan fingerprint density at radius 2 is 2.00 bits per heavy atom. The monoisotopic (exact) mass is 293 g/mol. The van der Waals surface area contributed by atoms with E-state index in [2.05, 4.69) is 34.1 Å². The number of nitrogens with zero attached hydrogens (tertiary/aromatic N) is 3. The van der Waals surface area contributed by atoms with Gasteiger partial charge in [-0.15, -0.1) is 11.3 Å². The van der Waals surface area contributed by atoms with Crippen molar-refractivity contribution in [3.63, 3.8) is 0 Å². The Morgan fingerprint density at radius 3 is 2.45 bits per heavy atom. The van der Waals surface area contributed by atoms with Gasteiger partial charge in [-0.1, -0.05) is 20.3 Å². The number of nitrogens with two attached hydrogens (primary N) is 1. The first-order valence-corrected chi connectivity index (χ1v) is 7.84. The summed E-state index contributed by atoms with van der Waals surface area (Å²) in [5.74, 6) is 0.293. The fourth-order valence-corrected chi connectivity index (χ4v) is 2.07. The summed E-state index contributed by atoms with van der Waals surface area (Å²) in [6.07, 6.45) is 7.42. The number of rotatable bonds is 1. The van der Waals surface area contributed by atoms with E-state index in [4.69, 9.17) is 5.73 Å². The molecule has 3 heterocycles. The molecule has 6 heteroatoms. The second kappa shape index (κ2) is 10.3. The van der Waals surface area contributed by atoms with E-state index in [0.29, 0.717) is 5.95 Å². The lowest BCUT2D eigenvalue weighted by Gasteiger charge is -1.94. The number of hydrogen-bond donors (Lipinski definition) is 2. The summed E-state index contributed by atoms with van der Waals surface area (Å²) >= 11 is 1.53. The van der Waals surface area contributed by atoms with Crippen molar-refractivity contribution in [3.8, 4) is 10.6 Å². The second-order valence-corrected chi connectivity index (χ2v) is 5.22. The largest absolute Gasteiger partial charge is 0.368 e. The average molecular weight is 293 g/mol. The van der Waals surface area contributed by atoms with Crippen LogP contribution in [0, 0.1) is 0 Å². The van der Waals surface area contributed by atoms with E-state index in [1.807, 2.05) is 6.07 Å². The standard InChI is InChI=1S/C7H6N4S.C4H9N.C3H8/c8-7-10-2-1-5(11-7)6-3-9-4-12-6;1-2-4-5-3-1;1-3-2/h1-4H,(H2,8,10,11);5H,1-4H2;3H2,1-2H3. The molecular formula is C14H23N5S. The van der Waals surface area contributed by atoms with Gasteiger partial charge >= 0.3 is 0 Å². The van der Waals surface area contributed by atoms with E-state index in [-0.39, 0.29) is 0 Å². The molecule has 0 unspecified atom stereocenters. The van der Waals surface area contributed by atoms with E-state index >= 15 is 0 Å². The minimum atomic E-state index is 0.293. The van der Waals surface area contributed by atoms with Gasteiger partial charge in [-0.2, -0.15) is 0 Å². The van der Waals surface area contributed by atoms with Crippen molar-refractivity contribution in [1.82, 2.24) is 20.3 Å². The summed E-state index contributed by atoms with van der Waals surface area (Å²) in [4.78, 5) is 12.8. The van der Waals surface area contributed by atoms with Crippen LogP contribution in [-0.2, 0) is 0 Å². The van der Waals surface area contributed by atoms with Crippen LogP contribution in [0.1, 0.15) is 33.1 Å². The van der Waals surface area contributed by atoms with Crippen molar-refractivity contribution in [3.05, 3.63) is 24.0 Å². The molecule has 0 bridgehead atoms. The maximum atomic E-state index is 5.43. The van der Waals surface area contributed by atoms with Gasteiger partial charge < -0.3 is 11.1 Å². The molecule has 3 rings (SSSR count). The Labute approximate surface area is 124 Å². The van der Waals surface area contributed by atoms with Gasteiger partial charge in [0.1, 0.15) is 0 Å². The number of nitrogen functional groups attached to an aromatic ring is 1. The van der Waals surface area contributed by atoms with Crippen LogP contribution in [0.2, 0.25) is 0 Å². The SMILES string of the molecule is C1CCNC1.CCC.Nc1nccc(-c2cncs2)n1. The second-order valence-electron chi connectivity index (χ2n) is 4.33. The molecule has 1 aliphatic heterocycles. The number of nitrogens with one attached hydrogen (secondary N) is 1. The minimum absolute atomic E-state index is 0.293. The maximum Gasteiger partial charge on any atom is 0.220 e. The maximum absolute atomic E-state index is 5.43. The summed E-state index contributed by atoms with van der Waals surface area (Å²) < 4.78 is 0. The van der Waals surface area contributed by atoms with E-state index in [1.54, 1.807) is 17.9 Å². The van der Waals surface area contributed by atoms with E-state index in [0.717, 1.165) is 10.6 Å². The van der Waals surface area contributed by atoms with Crippen molar-refractivity contribution >= 4 is 17.3 Å². The number of aromatic nitrogens is 3. The molecule has 0 radical (unpaired) electrons. The average Bonchev–Trinajstić information content (AvgIpc) is 3.16. The van der Waals surface area contributed by atoms with Gasteiger partial charge in [-0.3, -0.25) is 4.98 Å². The smallest absolute Gasteiger partial charge is 0.220 e. The molecule has 1 aliphatic rings. The van der Waals surface area contributed by atoms with Crippen LogP contribution in [0.5, 0.6) is 0 Å². The van der Waals surface area contributed by atoms with Crippen molar-refractivity contribution < 1.29 is 0 Å². The minimum Gasteiger partial charge on any atom is -0.368 e. The van der Waals surface area contributed by atoms with Crippen LogP contribution in [-0.4, -0.2) is 28.0 Å². The highest BCUT2D eigenvalue weighted by molar-refractivity contribution is 7.13. The molecule has 3 N–H and O–H groups in total. The fraction of sp³-hybridized carbons (Fsp3) is 0.500. The van der Waals surface area contributed by atoms with Gasteiger partial charge in [-0.05, 0) is 32.0 Å². The highest BCUT2D eigenvalue weighted by atomic mass is 32.1. The molecule has 5 nitrogen and oxygen atoms in total. The highest BCUT2D eigenvalue weighted by Gasteiger charge is 2.00. The topological polar surface area (TPSA) is 76.7 Å². The number of hydrogen-bond acceptors (Lipinski definition) is 6. The Kier molecular flexibility index (Phi) is 8.49. The number of thiazole rings is 1. The lowest BCUT2D eigenvalue weighted by Crippen LogP contribution is -2.03. The van der Waals surface area contributed by atoms with Crippen LogP contribution in [0.15, 0.2) is 24.0 Å². The molecule has 0 amide bonds. The quantitative estimate of drug-likeness (QED) is 0.845. The van der Waals surface area contributed by atoms with Gasteiger partial charge in [0.25, 0.3) is 0 Å². The normalized spacial score (nSPS) is 12.9. The van der Waals surface area contributed by atoms with Gasteiger partial charge in [0, 0.05) is 12.4 Å². The Balaban J connectivity index is 0.000000208. The molecule has 1 fully saturated rings. The van der Waals surface area contributed by atoms with Crippen LogP contribution < -0.4 is 11.1 Å². The lowest BCUT2D eigenvalue weighted by atomic mass is 10.4. The van der Waals surface area contributed by atoms with Gasteiger partial charge in [0.2, 0.25) is 5.95 Å². The molecule has 0 spiro atoms. The van der Waals surface area contributed by atoms with Crippen molar-refractivity contribution in [2.75, 3.05) is 18.8 Å². The van der Waals surface area contributed by atoms with E-state index in [9.17, 15) is 0 Å². The Hall–Kier alpha value is -1.53. The molecule has 1 saturated heterocycles. The predicted molar refractivity (Wildman–Crippen MR) is 85.6 cm³/mol. The molecule has 0 aliphatic carbocycles. The third kappa shape index (κ3) is 6.58. The zero-order valence-electron chi connectivity index (χ0n) is 12.2.